The van der Waals surface area contributed by atoms with Crippen LogP contribution >= 0.6 is 11.6 Å². The summed E-state index contributed by atoms with van der Waals surface area (Å²) in [6, 6.07) is 1.19. The molecule has 9 heteroatoms. The normalized spacial score (nSPS) is 20.0. The topological polar surface area (TPSA) is 83.8 Å². The van der Waals surface area contributed by atoms with Crippen LogP contribution in [0.1, 0.15) is 29.2 Å². The number of halogens is 2. The van der Waals surface area contributed by atoms with Crippen molar-refractivity contribution in [3.05, 3.63) is 38.9 Å². The predicted octanol–water partition coefficient (Wildman–Crippen LogP) is 2.25. The number of carboxylic acid groups (broad SMARTS) is 1. The van der Waals surface area contributed by atoms with Gasteiger partial charge in [0.05, 0.1) is 34.3 Å². The summed E-state index contributed by atoms with van der Waals surface area (Å²) < 4.78 is 22.5. The SMILES string of the molecule is CNCC1CN(c2c(F)cc3c(=O)c(C(=O)O)cn(C4CC4)c3c2Cl)CCO1. The maximum atomic E-state index is 15.1. The zero-order valence-corrected chi connectivity index (χ0v) is 16.1. The minimum atomic E-state index is -1.33. The number of fused-ring (bicyclic) bond motifs is 1. The summed E-state index contributed by atoms with van der Waals surface area (Å²) in [5.74, 6) is -1.96. The van der Waals surface area contributed by atoms with E-state index in [4.69, 9.17) is 16.3 Å². The van der Waals surface area contributed by atoms with E-state index in [1.54, 1.807) is 4.57 Å². The monoisotopic (exact) mass is 409 g/mol. The number of hydrogen-bond acceptors (Lipinski definition) is 5. The molecule has 1 saturated carbocycles. The third-order valence-electron chi connectivity index (χ3n) is 5.24. The predicted molar refractivity (Wildman–Crippen MR) is 104 cm³/mol. The lowest BCUT2D eigenvalue weighted by molar-refractivity contribution is 0.0420. The Balaban J connectivity index is 1.90. The zero-order valence-electron chi connectivity index (χ0n) is 15.4. The lowest BCUT2D eigenvalue weighted by Crippen LogP contribution is -2.46. The van der Waals surface area contributed by atoms with E-state index in [1.807, 2.05) is 11.9 Å². The Labute approximate surface area is 165 Å². The summed E-state index contributed by atoms with van der Waals surface area (Å²) >= 11 is 6.64. The van der Waals surface area contributed by atoms with Crippen LogP contribution in [0.2, 0.25) is 5.02 Å². The molecule has 0 bridgehead atoms. The maximum Gasteiger partial charge on any atom is 0.341 e. The van der Waals surface area contributed by atoms with E-state index in [9.17, 15) is 14.7 Å². The Morgan fingerprint density at radius 1 is 1.46 bits per heavy atom. The fourth-order valence-corrected chi connectivity index (χ4v) is 4.20. The van der Waals surface area contributed by atoms with Crippen molar-refractivity contribution in [1.29, 1.82) is 0 Å². The molecule has 2 fully saturated rings. The molecule has 0 radical (unpaired) electrons. The largest absolute Gasteiger partial charge is 0.477 e. The molecule has 150 valence electrons. The van der Waals surface area contributed by atoms with E-state index in [1.165, 1.54) is 6.20 Å². The van der Waals surface area contributed by atoms with E-state index in [2.05, 4.69) is 5.32 Å². The van der Waals surface area contributed by atoms with Crippen molar-refractivity contribution in [2.45, 2.75) is 25.0 Å². The number of pyridine rings is 1. The van der Waals surface area contributed by atoms with Crippen molar-refractivity contribution in [3.63, 3.8) is 0 Å². The average Bonchev–Trinajstić information content (AvgIpc) is 3.48. The molecule has 1 unspecified atom stereocenters. The number of anilines is 1. The second kappa shape index (κ2) is 7.35. The van der Waals surface area contributed by atoms with Gasteiger partial charge in [-0.1, -0.05) is 11.6 Å². The fraction of sp³-hybridized carbons (Fsp3) is 0.474. The molecule has 2 N–H and O–H groups in total. The van der Waals surface area contributed by atoms with E-state index in [0.717, 1.165) is 18.9 Å². The summed E-state index contributed by atoms with van der Waals surface area (Å²) in [6.07, 6.45) is 2.95. The Hall–Kier alpha value is -2.16. The molecule has 1 aromatic heterocycles. The minimum Gasteiger partial charge on any atom is -0.477 e. The number of carbonyl (C=O) groups is 1. The molecule has 4 rings (SSSR count). The smallest absolute Gasteiger partial charge is 0.341 e. The Bertz CT molecular complexity index is 1000. The molecule has 1 saturated heterocycles. The highest BCUT2D eigenvalue weighted by atomic mass is 35.5. The van der Waals surface area contributed by atoms with Gasteiger partial charge in [-0.15, -0.1) is 0 Å². The number of nitrogens with one attached hydrogen (secondary N) is 1. The Kier molecular flexibility index (Phi) is 5.03. The molecule has 0 spiro atoms. The highest BCUT2D eigenvalue weighted by Gasteiger charge is 2.31. The van der Waals surface area contributed by atoms with E-state index >= 15 is 4.39 Å². The van der Waals surface area contributed by atoms with E-state index in [-0.39, 0.29) is 33.8 Å². The summed E-state index contributed by atoms with van der Waals surface area (Å²) in [5, 5.41) is 12.5. The van der Waals surface area contributed by atoms with Gasteiger partial charge in [0.1, 0.15) is 11.4 Å². The first-order valence-electron chi connectivity index (χ1n) is 9.23. The number of benzene rings is 1. The van der Waals surface area contributed by atoms with Crippen LogP contribution < -0.4 is 15.6 Å². The van der Waals surface area contributed by atoms with Crippen molar-refractivity contribution in [3.8, 4) is 0 Å². The van der Waals surface area contributed by atoms with Crippen LogP contribution in [0.5, 0.6) is 0 Å². The summed E-state index contributed by atoms with van der Waals surface area (Å²) in [7, 11) is 1.82. The van der Waals surface area contributed by atoms with Crippen LogP contribution in [0.3, 0.4) is 0 Å². The van der Waals surface area contributed by atoms with Crippen LogP contribution in [0.15, 0.2) is 17.1 Å². The van der Waals surface area contributed by atoms with Crippen LogP contribution in [-0.2, 0) is 4.74 Å². The second-order valence-electron chi connectivity index (χ2n) is 7.23. The van der Waals surface area contributed by atoms with Gasteiger partial charge in [-0.05, 0) is 26.0 Å². The van der Waals surface area contributed by atoms with Crippen LogP contribution in [0.25, 0.3) is 10.9 Å². The molecular weight excluding hydrogens is 389 g/mol. The van der Waals surface area contributed by atoms with Gasteiger partial charge in [-0.25, -0.2) is 9.18 Å². The molecular formula is C19H21ClFN3O4. The van der Waals surface area contributed by atoms with E-state index in [0.29, 0.717) is 31.8 Å². The molecule has 1 aliphatic carbocycles. The van der Waals surface area contributed by atoms with Crippen molar-refractivity contribution >= 4 is 34.2 Å². The molecule has 28 heavy (non-hydrogen) atoms. The van der Waals surface area contributed by atoms with Gasteiger partial charge in [0.2, 0.25) is 5.43 Å². The molecule has 1 aromatic carbocycles. The lowest BCUT2D eigenvalue weighted by atomic mass is 10.1. The Morgan fingerprint density at radius 3 is 2.86 bits per heavy atom. The average molecular weight is 410 g/mol. The molecule has 2 aromatic rings. The van der Waals surface area contributed by atoms with Crippen molar-refractivity contribution in [2.24, 2.45) is 0 Å². The van der Waals surface area contributed by atoms with Gasteiger partial charge in [-0.2, -0.15) is 0 Å². The van der Waals surface area contributed by atoms with Crippen molar-refractivity contribution in [2.75, 3.05) is 38.2 Å². The summed E-state index contributed by atoms with van der Waals surface area (Å²) in [4.78, 5) is 25.9. The van der Waals surface area contributed by atoms with Gasteiger partial charge in [-0.3, -0.25) is 4.79 Å². The van der Waals surface area contributed by atoms with Crippen molar-refractivity contribution in [1.82, 2.24) is 9.88 Å². The first-order chi connectivity index (χ1) is 13.4. The number of aromatic carboxylic acids is 1. The first-order valence-corrected chi connectivity index (χ1v) is 9.61. The van der Waals surface area contributed by atoms with Gasteiger partial charge in [0, 0.05) is 31.9 Å². The summed E-state index contributed by atoms with van der Waals surface area (Å²) in [5.41, 5.74) is -0.465. The number of ether oxygens (including phenoxy) is 1. The highest BCUT2D eigenvalue weighted by molar-refractivity contribution is 6.38. The molecule has 1 atom stereocenters. The molecule has 2 aliphatic rings. The van der Waals surface area contributed by atoms with Crippen LogP contribution in [0.4, 0.5) is 10.1 Å². The van der Waals surface area contributed by atoms with Gasteiger partial charge in [0.25, 0.3) is 0 Å². The van der Waals surface area contributed by atoms with Gasteiger partial charge < -0.3 is 24.6 Å². The number of hydrogen-bond donors (Lipinski definition) is 2. The van der Waals surface area contributed by atoms with Crippen molar-refractivity contribution < 1.29 is 19.0 Å². The van der Waals surface area contributed by atoms with Crippen LogP contribution in [0, 0.1) is 5.82 Å². The highest BCUT2D eigenvalue weighted by Crippen LogP contribution is 2.42. The minimum absolute atomic E-state index is 0.00177. The number of aromatic nitrogens is 1. The van der Waals surface area contributed by atoms with E-state index < -0.39 is 17.2 Å². The third-order valence-corrected chi connectivity index (χ3v) is 5.60. The number of carboxylic acids is 1. The fourth-order valence-electron chi connectivity index (χ4n) is 3.79. The lowest BCUT2D eigenvalue weighted by Gasteiger charge is -2.35. The molecule has 1 aliphatic heterocycles. The number of rotatable bonds is 5. The quantitative estimate of drug-likeness (QED) is 0.788. The molecule has 7 nitrogen and oxygen atoms in total. The number of likely N-dealkylation sites (N-methyl/N-ethyl adjacent to an activating group) is 1. The molecule has 0 amide bonds. The third kappa shape index (κ3) is 3.25. The second-order valence-corrected chi connectivity index (χ2v) is 7.61. The number of nitrogens with zero attached hydrogens (tertiary/aromatic N) is 2. The summed E-state index contributed by atoms with van der Waals surface area (Å²) in [6.45, 7) is 2.00. The van der Waals surface area contributed by atoms with Gasteiger partial charge in [0.15, 0.2) is 0 Å². The maximum absolute atomic E-state index is 15.1. The standard InChI is InChI=1S/C19H21ClFN3O4/c1-22-7-11-8-23(4-5-28-11)17-14(21)6-12-16(15(17)20)24(10-2-3-10)9-13(18(12)25)19(26)27/h6,9-11,22H,2-5,7-8H2,1H3,(H,26,27). The van der Waals surface area contributed by atoms with Gasteiger partial charge >= 0.3 is 5.97 Å². The zero-order chi connectivity index (χ0) is 20.0. The number of morpholine rings is 1. The Morgan fingerprint density at radius 2 is 2.21 bits per heavy atom. The first kappa shape index (κ1) is 19.2. The van der Waals surface area contributed by atoms with Crippen LogP contribution in [-0.4, -0.2) is 55.0 Å². The molecule has 2 heterocycles.